The number of aromatic nitrogens is 2. The zero-order chi connectivity index (χ0) is 13.8. The topological polar surface area (TPSA) is 61.2 Å². The number of alkyl halides is 1. The summed E-state index contributed by atoms with van der Waals surface area (Å²) in [5.74, 6) is 0. The number of ether oxygens (including phenoxy) is 1. The van der Waals surface area contributed by atoms with Crippen LogP contribution in [0.15, 0.2) is 17.6 Å². The van der Waals surface area contributed by atoms with Gasteiger partial charge in [-0.1, -0.05) is 19.6 Å². The van der Waals surface area contributed by atoms with Crippen LogP contribution in [-0.2, 0) is 21.3 Å². The van der Waals surface area contributed by atoms with Gasteiger partial charge < -0.3 is 4.74 Å². The first-order chi connectivity index (χ1) is 8.26. The molecule has 0 amide bonds. The molecule has 0 bridgehead atoms. The van der Waals surface area contributed by atoms with Crippen molar-refractivity contribution in [1.82, 2.24) is 9.55 Å². The second-order valence-electron chi connectivity index (χ2n) is 5.25. The van der Waals surface area contributed by atoms with Gasteiger partial charge >= 0.3 is 0 Å². The zero-order valence-electron chi connectivity index (χ0n) is 10.9. The van der Waals surface area contributed by atoms with Crippen LogP contribution in [0.2, 0.25) is 25.7 Å². The second kappa shape index (κ2) is 6.18. The molecular weight excluding hydrogens is 292 g/mol. The van der Waals surface area contributed by atoms with Crippen molar-refractivity contribution >= 4 is 29.5 Å². The average molecular weight is 311 g/mol. The van der Waals surface area contributed by atoms with Gasteiger partial charge in [0.1, 0.15) is 11.9 Å². The van der Waals surface area contributed by atoms with Gasteiger partial charge in [0.25, 0.3) is 0 Å². The van der Waals surface area contributed by atoms with E-state index in [9.17, 15) is 8.42 Å². The smallest absolute Gasteiger partial charge is 0.230 e. The van der Waals surface area contributed by atoms with Gasteiger partial charge in [0.2, 0.25) is 15.0 Å². The lowest BCUT2D eigenvalue weighted by Gasteiger charge is -2.15. The highest BCUT2D eigenvalue weighted by molar-refractivity contribution is 7.92. The summed E-state index contributed by atoms with van der Waals surface area (Å²) >= 11 is 5.40. The Hall–Kier alpha value is -0.373. The third-order valence-corrected chi connectivity index (χ3v) is 6.08. The minimum atomic E-state index is -3.51. The van der Waals surface area contributed by atoms with Crippen LogP contribution in [0.1, 0.15) is 0 Å². The van der Waals surface area contributed by atoms with Crippen molar-refractivity contribution in [3.8, 4) is 0 Å². The second-order valence-corrected chi connectivity index (χ2v) is 13.3. The molecule has 1 aromatic heterocycles. The van der Waals surface area contributed by atoms with Gasteiger partial charge in [-0.25, -0.2) is 13.4 Å². The van der Waals surface area contributed by atoms with Gasteiger partial charge in [-0.3, -0.25) is 4.57 Å². The van der Waals surface area contributed by atoms with Crippen molar-refractivity contribution in [3.05, 3.63) is 12.4 Å². The molecule has 0 spiro atoms. The number of hydrogen-bond donors (Lipinski definition) is 0. The average Bonchev–Trinajstić information content (AvgIpc) is 2.72. The van der Waals surface area contributed by atoms with E-state index in [1.807, 2.05) is 0 Å². The summed E-state index contributed by atoms with van der Waals surface area (Å²) in [6, 6.07) is 1.04. The van der Waals surface area contributed by atoms with Gasteiger partial charge in [0, 0.05) is 27.1 Å². The van der Waals surface area contributed by atoms with Crippen LogP contribution >= 0.6 is 11.6 Å². The summed E-state index contributed by atoms with van der Waals surface area (Å²) < 4.78 is 30.2. The summed E-state index contributed by atoms with van der Waals surface area (Å²) in [4.78, 5) is 3.81. The lowest BCUT2D eigenvalue weighted by molar-refractivity contribution is 0.0809. The SMILES string of the molecule is C[Si](C)(C)CCOCn1ccnc1S(=O)(=O)CCl. The van der Waals surface area contributed by atoms with E-state index < -0.39 is 23.1 Å². The van der Waals surface area contributed by atoms with Crippen LogP contribution in [0, 0.1) is 0 Å². The third-order valence-electron chi connectivity index (χ3n) is 2.33. The van der Waals surface area contributed by atoms with Gasteiger partial charge in [-0.15, -0.1) is 11.6 Å². The molecule has 0 N–H and O–H groups in total. The molecular formula is C10H19ClN2O3SSi. The lowest BCUT2D eigenvalue weighted by atomic mass is 10.8. The minimum absolute atomic E-state index is 0.0366. The van der Waals surface area contributed by atoms with Crippen LogP contribution in [0.5, 0.6) is 0 Å². The normalized spacial score (nSPS) is 12.9. The Morgan fingerprint density at radius 3 is 2.67 bits per heavy atom. The Kier molecular flexibility index (Phi) is 5.39. The molecule has 1 rings (SSSR count). The number of nitrogens with zero attached hydrogens (tertiary/aromatic N) is 2. The third kappa shape index (κ3) is 4.72. The lowest BCUT2D eigenvalue weighted by Crippen LogP contribution is -2.22. The highest BCUT2D eigenvalue weighted by atomic mass is 35.5. The van der Waals surface area contributed by atoms with E-state index in [4.69, 9.17) is 16.3 Å². The molecule has 0 unspecified atom stereocenters. The molecule has 1 heterocycles. The van der Waals surface area contributed by atoms with Crippen LogP contribution in [0.3, 0.4) is 0 Å². The van der Waals surface area contributed by atoms with Gasteiger partial charge in [0.15, 0.2) is 0 Å². The molecule has 5 nitrogen and oxygen atoms in total. The molecule has 0 aliphatic rings. The molecule has 0 fully saturated rings. The first-order valence-electron chi connectivity index (χ1n) is 5.64. The fourth-order valence-corrected chi connectivity index (χ4v) is 3.10. The molecule has 0 radical (unpaired) electrons. The van der Waals surface area contributed by atoms with Crippen LogP contribution in [0.25, 0.3) is 0 Å². The Labute approximate surface area is 114 Å². The van der Waals surface area contributed by atoms with Crippen LogP contribution in [0.4, 0.5) is 0 Å². The highest BCUT2D eigenvalue weighted by Gasteiger charge is 2.19. The first kappa shape index (κ1) is 15.7. The van der Waals surface area contributed by atoms with Crippen molar-refractivity contribution in [2.75, 3.05) is 11.8 Å². The van der Waals surface area contributed by atoms with E-state index in [2.05, 4.69) is 24.6 Å². The van der Waals surface area contributed by atoms with E-state index in [0.29, 0.717) is 6.61 Å². The fourth-order valence-electron chi connectivity index (χ4n) is 1.26. The quantitative estimate of drug-likeness (QED) is 0.440. The molecule has 104 valence electrons. The van der Waals surface area contributed by atoms with Crippen molar-refractivity contribution < 1.29 is 13.2 Å². The maximum Gasteiger partial charge on any atom is 0.230 e. The number of rotatable bonds is 7. The van der Waals surface area contributed by atoms with Crippen molar-refractivity contribution in [2.24, 2.45) is 0 Å². The van der Waals surface area contributed by atoms with E-state index in [-0.39, 0.29) is 11.9 Å². The zero-order valence-corrected chi connectivity index (χ0v) is 13.5. The van der Waals surface area contributed by atoms with Crippen molar-refractivity contribution in [2.45, 2.75) is 37.6 Å². The molecule has 0 saturated carbocycles. The van der Waals surface area contributed by atoms with Gasteiger partial charge in [0.05, 0.1) is 0 Å². The number of halogens is 1. The molecule has 0 aliphatic carbocycles. The molecule has 18 heavy (non-hydrogen) atoms. The summed E-state index contributed by atoms with van der Waals surface area (Å²) in [5, 5.41) is -0.510. The molecule has 1 aromatic rings. The van der Waals surface area contributed by atoms with E-state index in [0.717, 1.165) is 6.04 Å². The largest absolute Gasteiger partial charge is 0.361 e. The maximum atomic E-state index is 11.6. The highest BCUT2D eigenvalue weighted by Crippen LogP contribution is 2.11. The number of sulfone groups is 1. The predicted molar refractivity (Wildman–Crippen MR) is 74.2 cm³/mol. The standard InChI is InChI=1S/C10H19ClN2O3SSi/c1-18(2,3)7-6-16-9-13-5-4-12-10(13)17(14,15)8-11/h4-5H,6-9H2,1-3H3. The first-order valence-corrected chi connectivity index (χ1v) is 11.5. The summed E-state index contributed by atoms with van der Waals surface area (Å²) in [6.45, 7) is 7.61. The van der Waals surface area contributed by atoms with Crippen molar-refractivity contribution in [1.29, 1.82) is 0 Å². The Morgan fingerprint density at radius 1 is 1.44 bits per heavy atom. The summed E-state index contributed by atoms with van der Waals surface area (Å²) in [6.07, 6.45) is 3.01. The molecule has 0 saturated heterocycles. The molecule has 0 aromatic carbocycles. The monoisotopic (exact) mass is 310 g/mol. The fraction of sp³-hybridized carbons (Fsp3) is 0.700. The Bertz CT molecular complexity index is 482. The Morgan fingerprint density at radius 2 is 2.11 bits per heavy atom. The van der Waals surface area contributed by atoms with E-state index in [1.165, 1.54) is 10.8 Å². The molecule has 8 heteroatoms. The predicted octanol–water partition coefficient (Wildman–Crippen LogP) is 2.17. The van der Waals surface area contributed by atoms with Gasteiger partial charge in [-0.2, -0.15) is 0 Å². The Balaban J connectivity index is 2.57. The summed E-state index contributed by atoms with van der Waals surface area (Å²) in [5.41, 5.74) is 0. The maximum absolute atomic E-state index is 11.6. The molecule has 0 aliphatic heterocycles. The summed E-state index contributed by atoms with van der Waals surface area (Å²) in [7, 11) is -4.63. The minimum Gasteiger partial charge on any atom is -0.361 e. The number of imidazole rings is 1. The van der Waals surface area contributed by atoms with E-state index >= 15 is 0 Å². The van der Waals surface area contributed by atoms with Crippen LogP contribution in [-0.4, -0.2) is 37.9 Å². The van der Waals surface area contributed by atoms with Crippen molar-refractivity contribution in [3.63, 3.8) is 0 Å². The van der Waals surface area contributed by atoms with E-state index in [1.54, 1.807) is 6.20 Å². The van der Waals surface area contributed by atoms with Crippen LogP contribution < -0.4 is 0 Å². The van der Waals surface area contributed by atoms with Gasteiger partial charge in [-0.05, 0) is 6.04 Å². The number of hydrogen-bond acceptors (Lipinski definition) is 4. The molecule has 0 atom stereocenters.